The fourth-order valence-electron chi connectivity index (χ4n) is 2.41. The summed E-state index contributed by atoms with van der Waals surface area (Å²) in [5, 5.41) is 0. The van der Waals surface area contributed by atoms with Crippen molar-refractivity contribution in [2.75, 3.05) is 26.3 Å². The van der Waals surface area contributed by atoms with Crippen LogP contribution in [0.5, 0.6) is 0 Å². The molecule has 1 aliphatic rings. The van der Waals surface area contributed by atoms with Gasteiger partial charge in [0.25, 0.3) is 0 Å². The van der Waals surface area contributed by atoms with Crippen LogP contribution in [0.2, 0.25) is 0 Å². The van der Waals surface area contributed by atoms with Crippen LogP contribution in [0.4, 0.5) is 8.78 Å². The Bertz CT molecular complexity index is 428. The SMILES string of the molecule is CCC1COCCN1CC(N)c1ccc(F)c(F)c1. The summed E-state index contributed by atoms with van der Waals surface area (Å²) < 4.78 is 31.5. The van der Waals surface area contributed by atoms with Gasteiger partial charge in [0, 0.05) is 25.2 Å². The molecule has 0 saturated carbocycles. The number of ether oxygens (including phenoxy) is 1. The largest absolute Gasteiger partial charge is 0.378 e. The number of nitrogens with two attached hydrogens (primary N) is 1. The molecule has 1 saturated heterocycles. The number of hydrogen-bond donors (Lipinski definition) is 1. The highest BCUT2D eigenvalue weighted by atomic mass is 19.2. The number of morpholine rings is 1. The Hall–Kier alpha value is -1.04. The Morgan fingerprint density at radius 1 is 1.42 bits per heavy atom. The summed E-state index contributed by atoms with van der Waals surface area (Å²) in [5.41, 5.74) is 6.72. The molecule has 0 bridgehead atoms. The summed E-state index contributed by atoms with van der Waals surface area (Å²) in [4.78, 5) is 2.26. The molecule has 1 heterocycles. The van der Waals surface area contributed by atoms with Gasteiger partial charge in [-0.15, -0.1) is 0 Å². The third-order valence-electron chi connectivity index (χ3n) is 3.62. The topological polar surface area (TPSA) is 38.5 Å². The average molecular weight is 270 g/mol. The molecule has 2 rings (SSSR count). The molecule has 2 unspecified atom stereocenters. The van der Waals surface area contributed by atoms with E-state index in [4.69, 9.17) is 10.5 Å². The minimum atomic E-state index is -0.845. The lowest BCUT2D eigenvalue weighted by Crippen LogP contribution is -2.47. The summed E-state index contributed by atoms with van der Waals surface area (Å²) >= 11 is 0. The van der Waals surface area contributed by atoms with Crippen molar-refractivity contribution in [1.82, 2.24) is 4.90 Å². The molecule has 0 amide bonds. The van der Waals surface area contributed by atoms with Gasteiger partial charge in [-0.1, -0.05) is 13.0 Å². The maximum atomic E-state index is 13.2. The van der Waals surface area contributed by atoms with Gasteiger partial charge in [-0.25, -0.2) is 8.78 Å². The number of halogens is 2. The van der Waals surface area contributed by atoms with Gasteiger partial charge in [-0.3, -0.25) is 4.90 Å². The van der Waals surface area contributed by atoms with Crippen LogP contribution in [0.1, 0.15) is 24.9 Å². The summed E-state index contributed by atoms with van der Waals surface area (Å²) in [6, 6.07) is 3.89. The Balaban J connectivity index is 2.02. The van der Waals surface area contributed by atoms with Gasteiger partial charge >= 0.3 is 0 Å². The van der Waals surface area contributed by atoms with Crippen molar-refractivity contribution in [2.45, 2.75) is 25.4 Å². The maximum Gasteiger partial charge on any atom is 0.159 e. The van der Waals surface area contributed by atoms with Crippen LogP contribution >= 0.6 is 0 Å². The summed E-state index contributed by atoms with van der Waals surface area (Å²) in [6.45, 7) is 4.97. The standard InChI is InChI=1S/C14H20F2N2O/c1-2-11-9-19-6-5-18(11)8-14(17)10-3-4-12(15)13(16)7-10/h3-4,7,11,14H,2,5-6,8-9,17H2,1H3. The first-order chi connectivity index (χ1) is 9.11. The second kappa shape index (κ2) is 6.41. The van der Waals surface area contributed by atoms with Crippen molar-refractivity contribution in [1.29, 1.82) is 0 Å². The fourth-order valence-corrected chi connectivity index (χ4v) is 2.41. The molecule has 1 fully saturated rings. The second-order valence-corrected chi connectivity index (χ2v) is 4.91. The zero-order valence-electron chi connectivity index (χ0n) is 11.1. The van der Waals surface area contributed by atoms with Crippen molar-refractivity contribution in [2.24, 2.45) is 5.73 Å². The van der Waals surface area contributed by atoms with Gasteiger partial charge in [0.15, 0.2) is 11.6 Å². The average Bonchev–Trinajstić information content (AvgIpc) is 2.42. The number of nitrogens with zero attached hydrogens (tertiary/aromatic N) is 1. The van der Waals surface area contributed by atoms with E-state index >= 15 is 0 Å². The molecule has 0 radical (unpaired) electrons. The molecule has 1 aliphatic heterocycles. The predicted octanol–water partition coefficient (Wildman–Crippen LogP) is 2.08. The smallest absolute Gasteiger partial charge is 0.159 e. The molecule has 0 spiro atoms. The molecule has 1 aromatic rings. The van der Waals surface area contributed by atoms with Crippen LogP contribution in [0.25, 0.3) is 0 Å². The molecule has 5 heteroatoms. The second-order valence-electron chi connectivity index (χ2n) is 4.91. The van der Waals surface area contributed by atoms with Gasteiger partial charge in [0.05, 0.1) is 13.2 Å². The quantitative estimate of drug-likeness (QED) is 0.910. The Morgan fingerprint density at radius 2 is 2.21 bits per heavy atom. The van der Waals surface area contributed by atoms with E-state index < -0.39 is 11.6 Å². The highest BCUT2D eigenvalue weighted by Gasteiger charge is 2.23. The van der Waals surface area contributed by atoms with Crippen LogP contribution in [0.3, 0.4) is 0 Å². The minimum Gasteiger partial charge on any atom is -0.378 e. The molecular weight excluding hydrogens is 250 g/mol. The molecule has 0 aromatic heterocycles. The van der Waals surface area contributed by atoms with Crippen LogP contribution in [-0.4, -0.2) is 37.2 Å². The molecule has 19 heavy (non-hydrogen) atoms. The summed E-state index contributed by atoms with van der Waals surface area (Å²) in [5.74, 6) is -1.68. The van der Waals surface area contributed by atoms with E-state index in [0.717, 1.165) is 19.0 Å². The van der Waals surface area contributed by atoms with Gasteiger partial charge in [-0.2, -0.15) is 0 Å². The monoisotopic (exact) mass is 270 g/mol. The molecule has 2 atom stereocenters. The van der Waals surface area contributed by atoms with E-state index in [2.05, 4.69) is 11.8 Å². The third-order valence-corrected chi connectivity index (χ3v) is 3.62. The first-order valence-corrected chi connectivity index (χ1v) is 6.64. The fraction of sp³-hybridized carbons (Fsp3) is 0.571. The molecular formula is C14H20F2N2O. The van der Waals surface area contributed by atoms with Crippen molar-refractivity contribution in [3.63, 3.8) is 0 Å². The van der Waals surface area contributed by atoms with Crippen molar-refractivity contribution in [3.05, 3.63) is 35.4 Å². The lowest BCUT2D eigenvalue weighted by atomic mass is 10.0. The molecule has 3 nitrogen and oxygen atoms in total. The van der Waals surface area contributed by atoms with E-state index in [1.54, 1.807) is 6.07 Å². The van der Waals surface area contributed by atoms with Crippen molar-refractivity contribution in [3.8, 4) is 0 Å². The Morgan fingerprint density at radius 3 is 2.89 bits per heavy atom. The van der Waals surface area contributed by atoms with E-state index in [1.807, 2.05) is 0 Å². The molecule has 1 aromatic carbocycles. The minimum absolute atomic E-state index is 0.317. The van der Waals surface area contributed by atoms with E-state index in [1.165, 1.54) is 6.07 Å². The zero-order chi connectivity index (χ0) is 13.8. The predicted molar refractivity (Wildman–Crippen MR) is 69.8 cm³/mol. The third kappa shape index (κ3) is 3.49. The Kier molecular flexibility index (Phi) is 4.85. The molecule has 106 valence electrons. The summed E-state index contributed by atoms with van der Waals surface area (Å²) in [7, 11) is 0. The van der Waals surface area contributed by atoms with Gasteiger partial charge in [0.2, 0.25) is 0 Å². The number of benzene rings is 1. The van der Waals surface area contributed by atoms with Crippen LogP contribution in [0.15, 0.2) is 18.2 Å². The normalized spacial score (nSPS) is 22.4. The highest BCUT2D eigenvalue weighted by molar-refractivity contribution is 5.21. The van der Waals surface area contributed by atoms with E-state index in [9.17, 15) is 8.78 Å². The van der Waals surface area contributed by atoms with Crippen molar-refractivity contribution >= 4 is 0 Å². The van der Waals surface area contributed by atoms with E-state index in [0.29, 0.717) is 31.4 Å². The lowest BCUT2D eigenvalue weighted by Gasteiger charge is -2.36. The van der Waals surface area contributed by atoms with Gasteiger partial charge < -0.3 is 10.5 Å². The summed E-state index contributed by atoms with van der Waals surface area (Å²) in [6.07, 6.45) is 0.991. The Labute approximate surface area is 112 Å². The first-order valence-electron chi connectivity index (χ1n) is 6.64. The van der Waals surface area contributed by atoms with Crippen LogP contribution in [-0.2, 0) is 4.74 Å². The van der Waals surface area contributed by atoms with E-state index in [-0.39, 0.29) is 6.04 Å². The maximum absolute atomic E-state index is 13.2. The van der Waals surface area contributed by atoms with Gasteiger partial charge in [-0.05, 0) is 24.1 Å². The van der Waals surface area contributed by atoms with Crippen LogP contribution < -0.4 is 5.73 Å². The first kappa shape index (κ1) is 14.4. The number of rotatable bonds is 4. The highest BCUT2D eigenvalue weighted by Crippen LogP contribution is 2.18. The molecule has 2 N–H and O–H groups in total. The zero-order valence-corrected chi connectivity index (χ0v) is 11.1. The lowest BCUT2D eigenvalue weighted by molar-refractivity contribution is -0.0110. The molecule has 0 aliphatic carbocycles. The van der Waals surface area contributed by atoms with Gasteiger partial charge in [0.1, 0.15) is 0 Å². The van der Waals surface area contributed by atoms with Crippen molar-refractivity contribution < 1.29 is 13.5 Å². The van der Waals surface area contributed by atoms with Crippen LogP contribution in [0, 0.1) is 11.6 Å². The number of hydrogen-bond acceptors (Lipinski definition) is 3.